The van der Waals surface area contributed by atoms with E-state index < -0.39 is 0 Å². The molecule has 0 saturated heterocycles. The van der Waals surface area contributed by atoms with Crippen molar-refractivity contribution in [1.29, 1.82) is 0 Å². The van der Waals surface area contributed by atoms with E-state index in [1.807, 2.05) is 72.8 Å². The zero-order chi connectivity index (χ0) is 19.6. The lowest BCUT2D eigenvalue weighted by atomic mass is 10.1. The zero-order valence-corrected chi connectivity index (χ0v) is 15.8. The number of aromatic nitrogens is 1. The second-order valence-corrected chi connectivity index (χ2v) is 6.37. The van der Waals surface area contributed by atoms with E-state index in [1.165, 1.54) is 0 Å². The van der Waals surface area contributed by atoms with E-state index in [0.29, 0.717) is 17.3 Å². The van der Waals surface area contributed by atoms with Crippen molar-refractivity contribution in [2.24, 2.45) is 5.16 Å². The van der Waals surface area contributed by atoms with Crippen molar-refractivity contribution in [3.8, 4) is 5.75 Å². The van der Waals surface area contributed by atoms with E-state index in [4.69, 9.17) is 21.5 Å². The topological polar surface area (TPSA) is 54.7 Å². The molecule has 0 aliphatic heterocycles. The molecule has 0 radical (unpaired) electrons. The SMILES string of the molecule is ON=C(C=Cc1ccc(OCc2cccc(Cl)c2)cc1)C=Cc1ccccn1. The molecule has 2 aromatic carbocycles. The first-order valence-corrected chi connectivity index (χ1v) is 9.07. The number of ether oxygens (including phenoxy) is 1. The summed E-state index contributed by atoms with van der Waals surface area (Å²) < 4.78 is 5.77. The van der Waals surface area contributed by atoms with Crippen molar-refractivity contribution in [3.63, 3.8) is 0 Å². The van der Waals surface area contributed by atoms with Gasteiger partial charge in [0.2, 0.25) is 0 Å². The van der Waals surface area contributed by atoms with E-state index in [-0.39, 0.29) is 0 Å². The second kappa shape index (κ2) is 10.1. The van der Waals surface area contributed by atoms with Crippen molar-refractivity contribution in [1.82, 2.24) is 4.98 Å². The van der Waals surface area contributed by atoms with Crippen LogP contribution in [0.3, 0.4) is 0 Å². The molecule has 0 atom stereocenters. The number of nitrogens with zero attached hydrogens (tertiary/aromatic N) is 2. The van der Waals surface area contributed by atoms with Crippen LogP contribution in [-0.4, -0.2) is 15.9 Å². The zero-order valence-electron chi connectivity index (χ0n) is 15.1. The van der Waals surface area contributed by atoms with E-state index in [9.17, 15) is 0 Å². The molecule has 0 fully saturated rings. The number of benzene rings is 2. The minimum absolute atomic E-state index is 0.423. The normalized spacial score (nSPS) is 12.0. The Morgan fingerprint density at radius 2 is 1.82 bits per heavy atom. The Hall–Kier alpha value is -3.37. The van der Waals surface area contributed by atoms with Gasteiger partial charge in [-0.05, 0) is 65.8 Å². The van der Waals surface area contributed by atoms with Crippen molar-refractivity contribution in [2.45, 2.75) is 6.61 Å². The highest BCUT2D eigenvalue weighted by Gasteiger charge is 1.98. The van der Waals surface area contributed by atoms with Crippen LogP contribution in [0.1, 0.15) is 16.8 Å². The highest BCUT2D eigenvalue weighted by molar-refractivity contribution is 6.30. The molecule has 0 aliphatic rings. The Bertz CT molecular complexity index is 981. The van der Waals surface area contributed by atoms with Gasteiger partial charge in [0.1, 0.15) is 18.1 Å². The van der Waals surface area contributed by atoms with Gasteiger partial charge in [-0.3, -0.25) is 4.98 Å². The maximum Gasteiger partial charge on any atom is 0.119 e. The lowest BCUT2D eigenvalue weighted by Gasteiger charge is -2.06. The Balaban J connectivity index is 1.57. The molecule has 0 aliphatic carbocycles. The maximum atomic E-state index is 9.16. The molecule has 0 spiro atoms. The molecule has 0 saturated carbocycles. The van der Waals surface area contributed by atoms with Crippen LogP contribution in [0.25, 0.3) is 12.2 Å². The molecule has 0 amide bonds. The molecule has 140 valence electrons. The summed E-state index contributed by atoms with van der Waals surface area (Å²) in [5, 5.41) is 13.1. The van der Waals surface area contributed by atoms with Crippen LogP contribution >= 0.6 is 11.6 Å². The highest BCUT2D eigenvalue weighted by Crippen LogP contribution is 2.17. The van der Waals surface area contributed by atoms with Gasteiger partial charge in [-0.1, -0.05) is 53.2 Å². The molecular formula is C23H19ClN2O2. The van der Waals surface area contributed by atoms with Gasteiger partial charge >= 0.3 is 0 Å². The number of hydrogen-bond acceptors (Lipinski definition) is 4. The molecule has 1 N–H and O–H groups in total. The highest BCUT2D eigenvalue weighted by atomic mass is 35.5. The average Bonchev–Trinajstić information content (AvgIpc) is 2.74. The second-order valence-electron chi connectivity index (χ2n) is 5.93. The van der Waals surface area contributed by atoms with Crippen molar-refractivity contribution >= 4 is 29.5 Å². The molecule has 5 heteroatoms. The van der Waals surface area contributed by atoms with Gasteiger partial charge in [-0.2, -0.15) is 0 Å². The predicted octanol–water partition coefficient (Wildman–Crippen LogP) is 5.87. The fourth-order valence-corrected chi connectivity index (χ4v) is 2.63. The number of hydrogen-bond donors (Lipinski definition) is 1. The summed E-state index contributed by atoms with van der Waals surface area (Å²) in [4.78, 5) is 4.19. The largest absolute Gasteiger partial charge is 0.489 e. The van der Waals surface area contributed by atoms with Gasteiger partial charge in [-0.25, -0.2) is 0 Å². The van der Waals surface area contributed by atoms with Crippen LogP contribution in [-0.2, 0) is 6.61 Å². The van der Waals surface area contributed by atoms with E-state index >= 15 is 0 Å². The molecule has 0 bridgehead atoms. The van der Waals surface area contributed by atoms with E-state index in [2.05, 4.69) is 10.1 Å². The lowest BCUT2D eigenvalue weighted by Crippen LogP contribution is -1.95. The summed E-state index contributed by atoms with van der Waals surface area (Å²) >= 11 is 5.98. The smallest absolute Gasteiger partial charge is 0.119 e. The number of halogens is 1. The third-order valence-electron chi connectivity index (χ3n) is 3.85. The number of rotatable bonds is 7. The first kappa shape index (κ1) is 19.4. The van der Waals surface area contributed by atoms with Crippen LogP contribution in [0, 0.1) is 0 Å². The van der Waals surface area contributed by atoms with Crippen molar-refractivity contribution in [3.05, 3.63) is 107 Å². The van der Waals surface area contributed by atoms with Crippen LogP contribution in [0.4, 0.5) is 0 Å². The summed E-state index contributed by atoms with van der Waals surface area (Å²) in [6.07, 6.45) is 8.77. The summed E-state index contributed by atoms with van der Waals surface area (Å²) in [6.45, 7) is 0.454. The molecule has 3 rings (SSSR count). The lowest BCUT2D eigenvalue weighted by molar-refractivity contribution is 0.306. The van der Waals surface area contributed by atoms with Crippen LogP contribution < -0.4 is 4.74 Å². The Morgan fingerprint density at radius 3 is 2.54 bits per heavy atom. The van der Waals surface area contributed by atoms with Gasteiger partial charge in [-0.15, -0.1) is 0 Å². The van der Waals surface area contributed by atoms with Gasteiger partial charge in [0.15, 0.2) is 0 Å². The summed E-state index contributed by atoms with van der Waals surface area (Å²) in [7, 11) is 0. The Kier molecular flexibility index (Phi) is 6.99. The average molecular weight is 391 g/mol. The van der Waals surface area contributed by atoms with Gasteiger partial charge in [0.25, 0.3) is 0 Å². The monoisotopic (exact) mass is 390 g/mol. The fourth-order valence-electron chi connectivity index (χ4n) is 2.42. The van der Waals surface area contributed by atoms with Gasteiger partial charge in [0, 0.05) is 11.2 Å². The van der Waals surface area contributed by atoms with Gasteiger partial charge in [0.05, 0.1) is 5.69 Å². The molecule has 3 aromatic rings. The Morgan fingerprint density at radius 1 is 1.00 bits per heavy atom. The standard InChI is InChI=1S/C23H19ClN2O2/c24-20-5-3-4-19(16-20)17-28-23-13-8-18(9-14-23)7-10-22(26-27)12-11-21-6-1-2-15-25-21/h1-16,27H,17H2. The molecular weight excluding hydrogens is 372 g/mol. The number of allylic oxidation sites excluding steroid dienone is 2. The van der Waals surface area contributed by atoms with Crippen LogP contribution in [0.2, 0.25) is 5.02 Å². The first-order valence-electron chi connectivity index (χ1n) is 8.69. The number of oxime groups is 1. The van der Waals surface area contributed by atoms with E-state index in [0.717, 1.165) is 22.6 Å². The quantitative estimate of drug-likeness (QED) is 0.312. The van der Waals surface area contributed by atoms with Gasteiger partial charge < -0.3 is 9.94 Å². The van der Waals surface area contributed by atoms with Crippen LogP contribution in [0.5, 0.6) is 5.75 Å². The predicted molar refractivity (Wildman–Crippen MR) is 114 cm³/mol. The molecule has 4 nitrogen and oxygen atoms in total. The summed E-state index contributed by atoms with van der Waals surface area (Å²) in [5.74, 6) is 0.767. The molecule has 1 heterocycles. The minimum atomic E-state index is 0.423. The third-order valence-corrected chi connectivity index (χ3v) is 4.08. The summed E-state index contributed by atoms with van der Waals surface area (Å²) in [5.41, 5.74) is 3.19. The molecule has 28 heavy (non-hydrogen) atoms. The van der Waals surface area contributed by atoms with Crippen molar-refractivity contribution < 1.29 is 9.94 Å². The van der Waals surface area contributed by atoms with E-state index in [1.54, 1.807) is 24.4 Å². The molecule has 0 unspecified atom stereocenters. The third kappa shape index (κ3) is 6.11. The Labute approximate surface area is 169 Å². The summed E-state index contributed by atoms with van der Waals surface area (Å²) in [6, 6.07) is 20.9. The van der Waals surface area contributed by atoms with Crippen LogP contribution in [0.15, 0.2) is 90.2 Å². The van der Waals surface area contributed by atoms with Crippen molar-refractivity contribution in [2.75, 3.05) is 0 Å². The minimum Gasteiger partial charge on any atom is -0.489 e. The maximum absolute atomic E-state index is 9.16. The fraction of sp³-hybridized carbons (Fsp3) is 0.0435. The molecule has 1 aromatic heterocycles. The number of pyridine rings is 1. The first-order chi connectivity index (χ1) is 13.7.